The minimum Gasteiger partial charge on any atom is -0.462 e. The second-order valence-electron chi connectivity index (χ2n) is 6.54. The maximum atomic E-state index is 12.7. The Labute approximate surface area is 169 Å². The quantitative estimate of drug-likeness (QED) is 0.453. The van der Waals surface area contributed by atoms with Crippen molar-refractivity contribution in [2.75, 3.05) is 11.9 Å². The molecule has 30 heavy (non-hydrogen) atoms. The normalized spacial score (nSPS) is 10.8. The summed E-state index contributed by atoms with van der Waals surface area (Å²) in [6.45, 7) is 1.79. The van der Waals surface area contributed by atoms with Gasteiger partial charge in [-0.25, -0.2) is 4.79 Å². The van der Waals surface area contributed by atoms with Gasteiger partial charge in [-0.05, 0) is 37.3 Å². The predicted octanol–water partition coefficient (Wildman–Crippen LogP) is 2.80. The van der Waals surface area contributed by atoms with E-state index in [1.807, 2.05) is 0 Å². The number of hydrogen-bond acceptors (Lipinski definition) is 5. The van der Waals surface area contributed by atoms with Crippen molar-refractivity contribution < 1.29 is 14.3 Å². The van der Waals surface area contributed by atoms with E-state index in [2.05, 4.69) is 15.3 Å². The number of amides is 1. The molecule has 2 heterocycles. The zero-order chi connectivity index (χ0) is 21.3. The fourth-order valence-electron chi connectivity index (χ4n) is 3.19. The molecular weight excluding hydrogens is 386 g/mol. The van der Waals surface area contributed by atoms with E-state index in [-0.39, 0.29) is 23.1 Å². The highest BCUT2D eigenvalue weighted by atomic mass is 16.5. The van der Waals surface area contributed by atoms with E-state index < -0.39 is 22.7 Å². The molecule has 150 valence electrons. The van der Waals surface area contributed by atoms with Crippen molar-refractivity contribution in [3.05, 3.63) is 86.4 Å². The molecular formula is C22H17N3O5. The van der Waals surface area contributed by atoms with Crippen molar-refractivity contribution in [1.29, 1.82) is 0 Å². The molecule has 0 aliphatic rings. The Kier molecular flexibility index (Phi) is 4.89. The number of esters is 1. The Morgan fingerprint density at radius 1 is 0.900 bits per heavy atom. The van der Waals surface area contributed by atoms with Crippen LogP contribution in [0.3, 0.4) is 0 Å². The van der Waals surface area contributed by atoms with Gasteiger partial charge in [0.05, 0.1) is 6.61 Å². The molecule has 0 fully saturated rings. The molecule has 0 radical (unpaired) electrons. The lowest BCUT2D eigenvalue weighted by Crippen LogP contribution is -2.22. The fraction of sp³-hybridized carbons (Fsp3) is 0.0909. The monoisotopic (exact) mass is 403 g/mol. The average Bonchev–Trinajstić information content (AvgIpc) is 2.75. The Morgan fingerprint density at radius 3 is 2.33 bits per heavy atom. The van der Waals surface area contributed by atoms with Crippen LogP contribution >= 0.6 is 0 Å². The van der Waals surface area contributed by atoms with Gasteiger partial charge in [-0.2, -0.15) is 0 Å². The van der Waals surface area contributed by atoms with E-state index >= 15 is 0 Å². The number of benzene rings is 2. The first-order valence-corrected chi connectivity index (χ1v) is 9.24. The van der Waals surface area contributed by atoms with Gasteiger partial charge in [0.2, 0.25) is 10.9 Å². The van der Waals surface area contributed by atoms with Gasteiger partial charge < -0.3 is 20.0 Å². The Morgan fingerprint density at radius 2 is 1.57 bits per heavy atom. The summed E-state index contributed by atoms with van der Waals surface area (Å²) in [5, 5.41) is 3.24. The van der Waals surface area contributed by atoms with Gasteiger partial charge in [0.25, 0.3) is 5.91 Å². The summed E-state index contributed by atoms with van der Waals surface area (Å²) < 4.78 is 4.89. The van der Waals surface area contributed by atoms with E-state index in [9.17, 15) is 19.2 Å². The van der Waals surface area contributed by atoms with Gasteiger partial charge in [0.1, 0.15) is 11.1 Å². The van der Waals surface area contributed by atoms with Crippen LogP contribution in [0.5, 0.6) is 0 Å². The van der Waals surface area contributed by atoms with Crippen LogP contribution < -0.4 is 16.2 Å². The molecule has 0 unspecified atom stereocenters. The lowest BCUT2D eigenvalue weighted by atomic mass is 10.1. The van der Waals surface area contributed by atoms with Gasteiger partial charge in [-0.15, -0.1) is 0 Å². The molecule has 1 amide bonds. The number of nitrogens with one attached hydrogen (secondary N) is 3. The molecule has 0 saturated carbocycles. The lowest BCUT2D eigenvalue weighted by Gasteiger charge is -2.08. The summed E-state index contributed by atoms with van der Waals surface area (Å²) in [5.41, 5.74) is 0.345. The Bertz CT molecular complexity index is 1420. The number of rotatable bonds is 4. The van der Waals surface area contributed by atoms with Crippen LogP contribution in [0.15, 0.2) is 64.4 Å². The van der Waals surface area contributed by atoms with Gasteiger partial charge in [0, 0.05) is 39.9 Å². The zero-order valence-corrected chi connectivity index (χ0v) is 15.9. The van der Waals surface area contributed by atoms with Crippen LogP contribution in [0, 0.1) is 0 Å². The number of aromatic amines is 2. The van der Waals surface area contributed by atoms with Crippen LogP contribution in [0.4, 0.5) is 5.69 Å². The molecule has 8 nitrogen and oxygen atoms in total. The number of fused-ring (bicyclic) bond motifs is 2. The van der Waals surface area contributed by atoms with Gasteiger partial charge in [-0.1, -0.05) is 12.1 Å². The fourth-order valence-corrected chi connectivity index (χ4v) is 3.19. The summed E-state index contributed by atoms with van der Waals surface area (Å²) in [4.78, 5) is 55.7. The van der Waals surface area contributed by atoms with E-state index in [0.717, 1.165) is 0 Å². The molecule has 3 N–H and O–H groups in total. The van der Waals surface area contributed by atoms with Crippen molar-refractivity contribution in [2.45, 2.75) is 6.92 Å². The maximum Gasteiger partial charge on any atom is 0.343 e. The lowest BCUT2D eigenvalue weighted by molar-refractivity contribution is 0.0524. The van der Waals surface area contributed by atoms with E-state index in [4.69, 9.17) is 4.74 Å². The molecule has 0 bridgehead atoms. The third-order valence-electron chi connectivity index (χ3n) is 4.67. The summed E-state index contributed by atoms with van der Waals surface area (Å²) in [6.07, 6.45) is 2.66. The van der Waals surface area contributed by atoms with Crippen molar-refractivity contribution in [3.8, 4) is 0 Å². The van der Waals surface area contributed by atoms with Crippen molar-refractivity contribution >= 4 is 39.4 Å². The number of pyridine rings is 2. The van der Waals surface area contributed by atoms with Gasteiger partial charge >= 0.3 is 5.97 Å². The number of aromatic nitrogens is 2. The summed E-state index contributed by atoms with van der Waals surface area (Å²) in [7, 11) is 0. The van der Waals surface area contributed by atoms with Crippen LogP contribution in [-0.4, -0.2) is 28.5 Å². The third kappa shape index (κ3) is 3.35. The first-order chi connectivity index (χ1) is 14.5. The maximum absolute atomic E-state index is 12.7. The molecule has 0 spiro atoms. The molecule has 4 aromatic rings. The Hall–Kier alpha value is -4.20. The number of carbonyl (C=O) groups excluding carboxylic acids is 2. The number of para-hydroxylation sites is 1. The SMILES string of the molecule is CCOC(=O)c1c[nH]c2ccc(NC(=O)c3c[nH]c4ccccc4c3=O)cc2c1=O. The van der Waals surface area contributed by atoms with Crippen LogP contribution in [-0.2, 0) is 4.74 Å². The number of H-pyrrole nitrogens is 2. The highest BCUT2D eigenvalue weighted by molar-refractivity contribution is 6.06. The number of ether oxygens (including phenoxy) is 1. The minimum absolute atomic E-state index is 0.0528. The van der Waals surface area contributed by atoms with Gasteiger partial charge in [0.15, 0.2) is 0 Å². The highest BCUT2D eigenvalue weighted by Gasteiger charge is 2.16. The highest BCUT2D eigenvalue weighted by Crippen LogP contribution is 2.17. The molecule has 2 aromatic carbocycles. The summed E-state index contributed by atoms with van der Waals surface area (Å²) in [5.74, 6) is -1.34. The molecule has 0 saturated heterocycles. The number of carbonyl (C=O) groups is 2. The van der Waals surface area contributed by atoms with E-state index in [1.54, 1.807) is 43.3 Å². The molecule has 8 heteroatoms. The van der Waals surface area contributed by atoms with Crippen molar-refractivity contribution in [1.82, 2.24) is 9.97 Å². The average molecular weight is 403 g/mol. The molecule has 0 aliphatic carbocycles. The minimum atomic E-state index is -0.724. The second kappa shape index (κ2) is 7.67. The first kappa shape index (κ1) is 19.1. The first-order valence-electron chi connectivity index (χ1n) is 9.24. The second-order valence-corrected chi connectivity index (χ2v) is 6.54. The largest absolute Gasteiger partial charge is 0.462 e. The van der Waals surface area contributed by atoms with Crippen LogP contribution in [0.25, 0.3) is 21.8 Å². The molecule has 0 aliphatic heterocycles. The van der Waals surface area contributed by atoms with E-state index in [1.165, 1.54) is 18.5 Å². The standard InChI is InChI=1S/C22H17N3O5/c1-2-30-22(29)16-11-24-18-8-7-12(9-14(18)20(16)27)25-21(28)15-10-23-17-6-4-3-5-13(17)19(15)26/h3-11H,2H2,1H3,(H,23,26)(H,24,27)(H,25,28). The zero-order valence-electron chi connectivity index (χ0n) is 15.9. The number of hydrogen-bond donors (Lipinski definition) is 3. The van der Waals surface area contributed by atoms with Crippen LogP contribution in [0.1, 0.15) is 27.6 Å². The molecule has 0 atom stereocenters. The van der Waals surface area contributed by atoms with Crippen LogP contribution in [0.2, 0.25) is 0 Å². The molecule has 4 rings (SSSR count). The van der Waals surface area contributed by atoms with E-state index in [0.29, 0.717) is 22.1 Å². The number of anilines is 1. The smallest absolute Gasteiger partial charge is 0.343 e. The van der Waals surface area contributed by atoms with Crippen molar-refractivity contribution in [2.24, 2.45) is 0 Å². The molecule has 2 aromatic heterocycles. The van der Waals surface area contributed by atoms with Crippen molar-refractivity contribution in [3.63, 3.8) is 0 Å². The van der Waals surface area contributed by atoms with Gasteiger partial charge in [-0.3, -0.25) is 14.4 Å². The third-order valence-corrected chi connectivity index (χ3v) is 4.67. The Balaban J connectivity index is 1.70. The summed E-state index contributed by atoms with van der Waals surface area (Å²) >= 11 is 0. The topological polar surface area (TPSA) is 121 Å². The summed E-state index contributed by atoms with van der Waals surface area (Å²) in [6, 6.07) is 11.5. The predicted molar refractivity (Wildman–Crippen MR) is 113 cm³/mol.